The number of aromatic nitrogens is 2. The Kier molecular flexibility index (Phi) is 4.93. The molecule has 1 heterocycles. The van der Waals surface area contributed by atoms with Gasteiger partial charge in [-0.1, -0.05) is 31.4 Å². The zero-order valence-electron chi connectivity index (χ0n) is 13.2. The molecule has 3 rings (SSSR count). The Bertz CT molecular complexity index is 676. The molecule has 0 saturated heterocycles. The number of fused-ring (bicyclic) bond motifs is 1. The maximum atomic E-state index is 11.4. The van der Waals surface area contributed by atoms with Crippen LogP contribution in [0.3, 0.4) is 0 Å². The number of amides is 1. The summed E-state index contributed by atoms with van der Waals surface area (Å²) >= 11 is 0. The molecule has 1 aliphatic carbocycles. The van der Waals surface area contributed by atoms with Gasteiger partial charge in [0.25, 0.3) is 5.91 Å². The maximum Gasteiger partial charge on any atom is 0.260 e. The van der Waals surface area contributed by atoms with E-state index in [0.717, 1.165) is 16.9 Å². The predicted molar refractivity (Wildman–Crippen MR) is 88.1 cm³/mol. The van der Waals surface area contributed by atoms with E-state index >= 15 is 0 Å². The Morgan fingerprint density at radius 2 is 2.09 bits per heavy atom. The number of aryl methyl sites for hydroxylation is 1. The van der Waals surface area contributed by atoms with Crippen LogP contribution < -0.4 is 11.2 Å². The quantitative estimate of drug-likeness (QED) is 0.583. The molecule has 124 valence electrons. The van der Waals surface area contributed by atoms with Crippen molar-refractivity contribution in [2.45, 2.75) is 57.0 Å². The number of benzene rings is 1. The van der Waals surface area contributed by atoms with E-state index in [2.05, 4.69) is 10.6 Å². The molecule has 1 aliphatic rings. The van der Waals surface area contributed by atoms with E-state index in [1.807, 2.05) is 18.2 Å². The van der Waals surface area contributed by atoms with Gasteiger partial charge in [-0.2, -0.15) is 0 Å². The number of para-hydroxylation sites is 2. The molecule has 0 unspecified atom stereocenters. The van der Waals surface area contributed by atoms with Crippen LogP contribution >= 0.6 is 0 Å². The number of carbonyl (C=O) groups is 1. The first-order valence-corrected chi connectivity index (χ1v) is 8.36. The van der Waals surface area contributed by atoms with Gasteiger partial charge in [-0.25, -0.2) is 10.5 Å². The minimum Gasteiger partial charge on any atom is -0.325 e. The van der Waals surface area contributed by atoms with Crippen molar-refractivity contribution < 1.29 is 10.0 Å². The number of hydrogen-bond acceptors (Lipinski definition) is 4. The third-order valence-corrected chi connectivity index (χ3v) is 4.73. The molecule has 23 heavy (non-hydrogen) atoms. The van der Waals surface area contributed by atoms with E-state index in [1.165, 1.54) is 32.1 Å². The van der Waals surface area contributed by atoms with Crippen molar-refractivity contribution in [3.63, 3.8) is 0 Å². The molecule has 0 spiro atoms. The summed E-state index contributed by atoms with van der Waals surface area (Å²) in [5.74, 6) is 0.435. The van der Waals surface area contributed by atoms with Gasteiger partial charge in [0.1, 0.15) is 5.82 Å². The number of nitrogens with zero attached hydrogens (tertiary/aromatic N) is 2. The summed E-state index contributed by atoms with van der Waals surface area (Å²) in [5, 5.41) is 8.67. The fourth-order valence-corrected chi connectivity index (χ4v) is 3.52. The summed E-state index contributed by atoms with van der Waals surface area (Å²) < 4.78 is 2.35. The Hall–Kier alpha value is -1.92. The van der Waals surface area contributed by atoms with Crippen LogP contribution in [0.1, 0.15) is 50.4 Å². The van der Waals surface area contributed by atoms with Crippen molar-refractivity contribution in [1.29, 1.82) is 0 Å². The van der Waals surface area contributed by atoms with E-state index in [-0.39, 0.29) is 0 Å². The van der Waals surface area contributed by atoms with E-state index in [0.29, 0.717) is 18.9 Å². The second-order valence-electron chi connectivity index (χ2n) is 6.30. The van der Waals surface area contributed by atoms with Gasteiger partial charge in [0, 0.05) is 12.5 Å². The molecule has 1 atom stereocenters. The Balaban J connectivity index is 1.87. The van der Waals surface area contributed by atoms with E-state index in [4.69, 9.17) is 15.9 Å². The van der Waals surface area contributed by atoms with E-state index in [1.54, 1.807) is 5.48 Å². The molecule has 1 aromatic carbocycles. The molecular weight excluding hydrogens is 292 g/mol. The highest BCUT2D eigenvalue weighted by Gasteiger charge is 2.22. The smallest absolute Gasteiger partial charge is 0.260 e. The lowest BCUT2D eigenvalue weighted by Crippen LogP contribution is -2.39. The van der Waals surface area contributed by atoms with Crippen LogP contribution in [-0.2, 0) is 11.2 Å². The van der Waals surface area contributed by atoms with Crippen molar-refractivity contribution in [3.05, 3.63) is 30.1 Å². The first-order valence-electron chi connectivity index (χ1n) is 8.36. The lowest BCUT2D eigenvalue weighted by molar-refractivity contribution is -0.130. The number of nitrogens with two attached hydrogens (primary N) is 1. The lowest BCUT2D eigenvalue weighted by atomic mass is 9.95. The normalized spacial score (nSPS) is 17.3. The largest absolute Gasteiger partial charge is 0.325 e. The average Bonchev–Trinajstić information content (AvgIpc) is 2.98. The molecule has 4 N–H and O–H groups in total. The summed E-state index contributed by atoms with van der Waals surface area (Å²) in [6, 6.07) is 7.93. The van der Waals surface area contributed by atoms with Crippen molar-refractivity contribution in [2.75, 3.05) is 0 Å². The molecule has 1 saturated carbocycles. The minimum absolute atomic E-state index is 0.461. The minimum atomic E-state index is -0.723. The van der Waals surface area contributed by atoms with Gasteiger partial charge in [0.2, 0.25) is 0 Å². The summed E-state index contributed by atoms with van der Waals surface area (Å²) in [7, 11) is 0. The molecule has 2 aromatic rings. The highest BCUT2D eigenvalue weighted by Crippen LogP contribution is 2.32. The Labute approximate surface area is 135 Å². The summed E-state index contributed by atoms with van der Waals surface area (Å²) in [4.78, 5) is 16.1. The molecule has 0 bridgehead atoms. The van der Waals surface area contributed by atoms with Crippen molar-refractivity contribution in [1.82, 2.24) is 15.0 Å². The average molecular weight is 316 g/mol. The number of rotatable bonds is 5. The molecule has 1 amide bonds. The van der Waals surface area contributed by atoms with Crippen LogP contribution in [0.25, 0.3) is 11.0 Å². The van der Waals surface area contributed by atoms with E-state index < -0.39 is 11.9 Å². The van der Waals surface area contributed by atoms with Gasteiger partial charge in [0.05, 0.1) is 17.1 Å². The van der Waals surface area contributed by atoms with E-state index in [9.17, 15) is 4.79 Å². The Morgan fingerprint density at radius 3 is 2.83 bits per heavy atom. The zero-order valence-corrected chi connectivity index (χ0v) is 13.2. The molecule has 0 aliphatic heterocycles. The van der Waals surface area contributed by atoms with Gasteiger partial charge < -0.3 is 10.3 Å². The summed E-state index contributed by atoms with van der Waals surface area (Å²) in [5.41, 5.74) is 9.56. The highest BCUT2D eigenvalue weighted by molar-refractivity contribution is 5.80. The standard InChI is InChI=1S/C17H24N4O2/c18-13(17(22)20-23)10-11-16-19-14-8-4-5-9-15(14)21(16)12-6-2-1-3-7-12/h4-5,8-9,12-13,23H,1-3,6-7,10-11,18H2,(H,20,22)/t13-/m0/s1. The molecule has 1 fully saturated rings. The molecule has 0 radical (unpaired) electrons. The monoisotopic (exact) mass is 316 g/mol. The number of hydroxylamine groups is 1. The van der Waals surface area contributed by atoms with Crippen molar-refractivity contribution >= 4 is 16.9 Å². The van der Waals surface area contributed by atoms with Crippen molar-refractivity contribution in [3.8, 4) is 0 Å². The highest BCUT2D eigenvalue weighted by atomic mass is 16.5. The molecule has 6 heteroatoms. The van der Waals surface area contributed by atoms with Gasteiger partial charge >= 0.3 is 0 Å². The van der Waals surface area contributed by atoms with Crippen LogP contribution in [0.2, 0.25) is 0 Å². The summed E-state index contributed by atoms with van der Waals surface area (Å²) in [6.07, 6.45) is 7.25. The number of imidazole rings is 1. The molecule has 6 nitrogen and oxygen atoms in total. The number of hydrogen-bond donors (Lipinski definition) is 3. The van der Waals surface area contributed by atoms with Crippen LogP contribution in [-0.4, -0.2) is 26.7 Å². The van der Waals surface area contributed by atoms with Gasteiger partial charge in [-0.05, 0) is 31.4 Å². The van der Waals surface area contributed by atoms with Crippen LogP contribution in [0.15, 0.2) is 24.3 Å². The zero-order chi connectivity index (χ0) is 16.2. The molecule has 1 aromatic heterocycles. The maximum absolute atomic E-state index is 11.4. The van der Waals surface area contributed by atoms with Crippen LogP contribution in [0, 0.1) is 0 Å². The van der Waals surface area contributed by atoms with Gasteiger partial charge in [-0.3, -0.25) is 10.0 Å². The Morgan fingerprint density at radius 1 is 1.35 bits per heavy atom. The lowest BCUT2D eigenvalue weighted by Gasteiger charge is -2.25. The van der Waals surface area contributed by atoms with Crippen LogP contribution in [0.4, 0.5) is 0 Å². The fourth-order valence-electron chi connectivity index (χ4n) is 3.52. The topological polar surface area (TPSA) is 93.2 Å². The first kappa shape index (κ1) is 16.0. The van der Waals surface area contributed by atoms with Gasteiger partial charge in [-0.15, -0.1) is 0 Å². The second kappa shape index (κ2) is 7.10. The van der Waals surface area contributed by atoms with Crippen molar-refractivity contribution in [2.24, 2.45) is 5.73 Å². The first-order chi connectivity index (χ1) is 11.2. The number of nitrogens with one attached hydrogen (secondary N) is 1. The second-order valence-corrected chi connectivity index (χ2v) is 6.30. The van der Waals surface area contributed by atoms with Gasteiger partial charge in [0.15, 0.2) is 0 Å². The predicted octanol–water partition coefficient (Wildman–Crippen LogP) is 2.31. The number of carbonyl (C=O) groups excluding carboxylic acids is 1. The third-order valence-electron chi connectivity index (χ3n) is 4.73. The third kappa shape index (κ3) is 3.38. The van der Waals surface area contributed by atoms with Crippen LogP contribution in [0.5, 0.6) is 0 Å². The summed E-state index contributed by atoms with van der Waals surface area (Å²) in [6.45, 7) is 0. The SMILES string of the molecule is N[C@@H](CCc1nc2ccccc2n1C1CCCCC1)C(=O)NO. The fraction of sp³-hybridized carbons (Fsp3) is 0.529. The molecular formula is C17H24N4O2.